The predicted octanol–water partition coefficient (Wildman–Crippen LogP) is 7.06. The fourth-order valence-corrected chi connectivity index (χ4v) is 4.33. The van der Waals surface area contributed by atoms with Crippen LogP contribution in [0.4, 0.5) is 0 Å². The monoisotopic (exact) mass is 439 g/mol. The van der Waals surface area contributed by atoms with Crippen LogP contribution in [0.1, 0.15) is 36.1 Å². The zero-order valence-electron chi connectivity index (χ0n) is 19.6. The molecule has 0 aliphatic rings. The molecule has 33 heavy (non-hydrogen) atoms. The number of hydrogen-bond donors (Lipinski definition) is 0. The molecule has 4 aromatic carbocycles. The summed E-state index contributed by atoms with van der Waals surface area (Å²) in [6.07, 6.45) is 1.73. The summed E-state index contributed by atoms with van der Waals surface area (Å²) < 4.78 is 12.7. The number of nitrogens with zero attached hydrogens (tertiary/aromatic N) is 1. The van der Waals surface area contributed by atoms with E-state index in [1.54, 1.807) is 0 Å². The Kier molecular flexibility index (Phi) is 8.13. The predicted molar refractivity (Wildman–Crippen MR) is 137 cm³/mol. The van der Waals surface area contributed by atoms with Crippen molar-refractivity contribution in [1.29, 1.82) is 0 Å². The summed E-state index contributed by atoms with van der Waals surface area (Å²) in [6.45, 7) is 1.29. The van der Waals surface area contributed by atoms with Crippen LogP contribution < -0.4 is 4.74 Å². The summed E-state index contributed by atoms with van der Waals surface area (Å²) in [6, 6.07) is 36.0. The van der Waals surface area contributed by atoms with Crippen LogP contribution in [-0.2, 0) is 4.74 Å². The van der Waals surface area contributed by atoms with E-state index in [4.69, 9.17) is 9.47 Å². The van der Waals surface area contributed by atoms with Crippen LogP contribution in [0.25, 0.3) is 10.8 Å². The Bertz CT molecular complexity index is 1110. The van der Waals surface area contributed by atoms with Crippen molar-refractivity contribution in [3.05, 3.63) is 114 Å². The minimum absolute atomic E-state index is 0.000220. The molecule has 0 fully saturated rings. The summed E-state index contributed by atoms with van der Waals surface area (Å²) in [4.78, 5) is 2.26. The van der Waals surface area contributed by atoms with Gasteiger partial charge in [-0.1, -0.05) is 97.1 Å². The van der Waals surface area contributed by atoms with Gasteiger partial charge in [0.05, 0.1) is 12.7 Å². The number of benzene rings is 4. The van der Waals surface area contributed by atoms with E-state index in [1.807, 2.05) is 18.2 Å². The minimum Gasteiger partial charge on any atom is -0.493 e. The minimum atomic E-state index is -0.000220. The van der Waals surface area contributed by atoms with Crippen LogP contribution in [0.3, 0.4) is 0 Å². The van der Waals surface area contributed by atoms with Gasteiger partial charge in [0.2, 0.25) is 0 Å². The van der Waals surface area contributed by atoms with Gasteiger partial charge in [0.1, 0.15) is 5.75 Å². The van der Waals surface area contributed by atoms with Gasteiger partial charge in [-0.15, -0.1) is 0 Å². The van der Waals surface area contributed by atoms with Crippen molar-refractivity contribution >= 4 is 10.8 Å². The number of rotatable bonds is 11. The molecular weight excluding hydrogens is 406 g/mol. The quantitative estimate of drug-likeness (QED) is 0.250. The van der Waals surface area contributed by atoms with Gasteiger partial charge in [-0.2, -0.15) is 0 Å². The highest BCUT2D eigenvalue weighted by molar-refractivity contribution is 5.88. The first kappa shape index (κ1) is 23.0. The molecule has 0 aliphatic heterocycles. The third-order valence-corrected chi connectivity index (χ3v) is 6.08. The largest absolute Gasteiger partial charge is 0.493 e. The molecule has 3 heteroatoms. The maximum Gasteiger partial charge on any atom is 0.127 e. The zero-order valence-corrected chi connectivity index (χ0v) is 19.6. The second kappa shape index (κ2) is 11.6. The van der Waals surface area contributed by atoms with Crippen molar-refractivity contribution in [1.82, 2.24) is 4.90 Å². The Hall–Kier alpha value is -3.14. The smallest absolute Gasteiger partial charge is 0.127 e. The molecule has 4 rings (SSSR count). The third-order valence-electron chi connectivity index (χ3n) is 6.08. The third kappa shape index (κ3) is 6.22. The molecule has 0 aliphatic carbocycles. The molecule has 0 aromatic heterocycles. The lowest BCUT2D eigenvalue weighted by Gasteiger charge is -2.26. The van der Waals surface area contributed by atoms with Crippen LogP contribution >= 0.6 is 0 Å². The van der Waals surface area contributed by atoms with Gasteiger partial charge in [-0.3, -0.25) is 0 Å². The first-order valence-corrected chi connectivity index (χ1v) is 11.7. The molecule has 0 amide bonds. The molecule has 0 saturated carbocycles. The molecule has 0 heterocycles. The molecule has 0 bridgehead atoms. The fourth-order valence-electron chi connectivity index (χ4n) is 4.33. The Morgan fingerprint density at radius 1 is 0.636 bits per heavy atom. The normalized spacial score (nSPS) is 13.2. The van der Waals surface area contributed by atoms with Crippen molar-refractivity contribution in [2.24, 2.45) is 0 Å². The summed E-state index contributed by atoms with van der Waals surface area (Å²) in [5.74, 6) is 0.927. The van der Waals surface area contributed by atoms with Gasteiger partial charge in [-0.05, 0) is 43.1 Å². The van der Waals surface area contributed by atoms with Crippen molar-refractivity contribution in [3.8, 4) is 5.75 Å². The molecule has 1 unspecified atom stereocenters. The lowest BCUT2D eigenvalue weighted by molar-refractivity contribution is 0.0263. The standard InChI is InChI=1S/C30H33NO2/c1-31(2)28(25-13-5-3-6-14-25)20-22-32-29(26-15-7-4-8-16-26)21-23-33-30-19-11-17-24-12-9-10-18-27(24)30/h3-19,28-29H,20-23H2,1-2H3/t28?,29-/m1/s1. The van der Waals surface area contributed by atoms with Crippen LogP contribution in [-0.4, -0.2) is 32.2 Å². The SMILES string of the molecule is CN(C)C(CCO[C@H](CCOc1cccc2ccccc12)c1ccccc1)c1ccccc1. The van der Waals surface area contributed by atoms with E-state index in [1.165, 1.54) is 16.5 Å². The van der Waals surface area contributed by atoms with Crippen LogP contribution in [0, 0.1) is 0 Å². The fraction of sp³-hybridized carbons (Fsp3) is 0.267. The molecule has 2 atom stereocenters. The summed E-state index contributed by atoms with van der Waals surface area (Å²) in [7, 11) is 4.26. The summed E-state index contributed by atoms with van der Waals surface area (Å²) >= 11 is 0. The molecule has 3 nitrogen and oxygen atoms in total. The van der Waals surface area contributed by atoms with Gasteiger partial charge in [0, 0.05) is 24.5 Å². The summed E-state index contributed by atoms with van der Waals surface area (Å²) in [5.41, 5.74) is 2.52. The Morgan fingerprint density at radius 3 is 2.00 bits per heavy atom. The zero-order chi connectivity index (χ0) is 22.9. The lowest BCUT2D eigenvalue weighted by Crippen LogP contribution is -2.22. The van der Waals surface area contributed by atoms with Crippen molar-refractivity contribution in [2.45, 2.75) is 25.0 Å². The van der Waals surface area contributed by atoms with Gasteiger partial charge < -0.3 is 14.4 Å². The maximum atomic E-state index is 6.45. The molecule has 0 spiro atoms. The topological polar surface area (TPSA) is 21.7 Å². The molecule has 0 N–H and O–H groups in total. The Balaban J connectivity index is 1.39. The highest BCUT2D eigenvalue weighted by Gasteiger charge is 2.17. The van der Waals surface area contributed by atoms with Crippen LogP contribution in [0.15, 0.2) is 103 Å². The van der Waals surface area contributed by atoms with Crippen molar-refractivity contribution in [3.63, 3.8) is 0 Å². The highest BCUT2D eigenvalue weighted by Crippen LogP contribution is 2.28. The van der Waals surface area contributed by atoms with E-state index in [0.29, 0.717) is 19.3 Å². The van der Waals surface area contributed by atoms with Gasteiger partial charge in [0.25, 0.3) is 0 Å². The first-order valence-electron chi connectivity index (χ1n) is 11.7. The number of hydrogen-bond acceptors (Lipinski definition) is 3. The van der Waals surface area contributed by atoms with E-state index in [9.17, 15) is 0 Å². The molecule has 0 saturated heterocycles. The van der Waals surface area contributed by atoms with Gasteiger partial charge >= 0.3 is 0 Å². The van der Waals surface area contributed by atoms with Crippen LogP contribution in [0.2, 0.25) is 0 Å². The number of fused-ring (bicyclic) bond motifs is 1. The molecule has 4 aromatic rings. The first-order chi connectivity index (χ1) is 16.2. The van der Waals surface area contributed by atoms with Crippen molar-refractivity contribution in [2.75, 3.05) is 27.3 Å². The average Bonchev–Trinajstić information content (AvgIpc) is 2.86. The van der Waals surface area contributed by atoms with Crippen molar-refractivity contribution < 1.29 is 9.47 Å². The maximum absolute atomic E-state index is 6.45. The Morgan fingerprint density at radius 2 is 1.27 bits per heavy atom. The lowest BCUT2D eigenvalue weighted by atomic mass is 10.0. The van der Waals surface area contributed by atoms with E-state index >= 15 is 0 Å². The van der Waals surface area contributed by atoms with Gasteiger partial charge in [0.15, 0.2) is 0 Å². The molecular formula is C30H33NO2. The van der Waals surface area contributed by atoms with E-state index in [2.05, 4.69) is 104 Å². The molecule has 0 radical (unpaired) electrons. The highest BCUT2D eigenvalue weighted by atomic mass is 16.5. The van der Waals surface area contributed by atoms with Crippen LogP contribution in [0.5, 0.6) is 5.75 Å². The van der Waals surface area contributed by atoms with E-state index in [-0.39, 0.29) is 6.10 Å². The average molecular weight is 440 g/mol. The Labute approximate surface area is 197 Å². The van der Waals surface area contributed by atoms with Gasteiger partial charge in [-0.25, -0.2) is 0 Å². The number of ether oxygens (including phenoxy) is 2. The molecule has 170 valence electrons. The second-order valence-electron chi connectivity index (χ2n) is 8.56. The van der Waals surface area contributed by atoms with E-state index in [0.717, 1.165) is 24.0 Å². The second-order valence-corrected chi connectivity index (χ2v) is 8.56. The summed E-state index contributed by atoms with van der Waals surface area (Å²) in [5, 5.41) is 2.34. The van der Waals surface area contributed by atoms with E-state index < -0.39 is 0 Å².